The van der Waals surface area contributed by atoms with E-state index in [2.05, 4.69) is 15.3 Å². The van der Waals surface area contributed by atoms with Crippen molar-refractivity contribution in [3.63, 3.8) is 0 Å². The number of hydrogen-bond donors (Lipinski definition) is 1. The second-order valence-electron chi connectivity index (χ2n) is 5.32. The Morgan fingerprint density at radius 1 is 1.12 bits per heavy atom. The number of pyridine rings is 1. The summed E-state index contributed by atoms with van der Waals surface area (Å²) in [6.07, 6.45) is 2.81. The minimum absolute atomic E-state index is 0.100. The molecule has 120 valence electrons. The van der Waals surface area contributed by atoms with Crippen LogP contribution in [0.3, 0.4) is 0 Å². The zero-order valence-corrected chi connectivity index (χ0v) is 13.1. The fraction of sp³-hybridized carbons (Fsp3) is 0.111. The zero-order chi connectivity index (χ0) is 16.9. The van der Waals surface area contributed by atoms with E-state index in [1.807, 2.05) is 49.4 Å². The van der Waals surface area contributed by atoms with E-state index in [-0.39, 0.29) is 18.0 Å². The molecule has 24 heavy (non-hydrogen) atoms. The lowest BCUT2D eigenvalue weighted by atomic mass is 10.2. The van der Waals surface area contributed by atoms with Crippen molar-refractivity contribution in [3.05, 3.63) is 77.0 Å². The second-order valence-corrected chi connectivity index (χ2v) is 5.32. The molecule has 0 radical (unpaired) electrons. The van der Waals surface area contributed by atoms with Crippen molar-refractivity contribution in [3.8, 4) is 11.3 Å². The summed E-state index contributed by atoms with van der Waals surface area (Å²) in [4.78, 5) is 32.5. The highest BCUT2D eigenvalue weighted by Gasteiger charge is 2.08. The molecule has 0 aliphatic rings. The quantitative estimate of drug-likeness (QED) is 0.800. The molecule has 2 aromatic heterocycles. The molecule has 0 atom stereocenters. The van der Waals surface area contributed by atoms with Crippen LogP contribution in [0, 0.1) is 6.92 Å². The Kier molecular flexibility index (Phi) is 4.47. The SMILES string of the molecule is Cc1cccc(NC(=O)Cn2cc(-c3ccccc3)ncc2=O)n1. The number of rotatable bonds is 4. The van der Waals surface area contributed by atoms with Crippen LogP contribution in [0.15, 0.2) is 65.7 Å². The maximum absolute atomic E-state index is 12.2. The molecule has 0 fully saturated rings. The van der Waals surface area contributed by atoms with E-state index >= 15 is 0 Å². The van der Waals surface area contributed by atoms with Crippen LogP contribution in [0.2, 0.25) is 0 Å². The van der Waals surface area contributed by atoms with Crippen LogP contribution in [0.4, 0.5) is 5.82 Å². The van der Waals surface area contributed by atoms with Crippen molar-refractivity contribution in [2.24, 2.45) is 0 Å². The normalized spacial score (nSPS) is 10.4. The number of aromatic nitrogens is 3. The standard InChI is InChI=1S/C18H16N4O2/c1-13-6-5-9-16(20-13)21-17(23)12-22-11-15(19-10-18(22)24)14-7-3-2-4-8-14/h2-11H,12H2,1H3,(H,20,21,23). The number of nitrogens with one attached hydrogen (secondary N) is 1. The van der Waals surface area contributed by atoms with Gasteiger partial charge in [-0.05, 0) is 19.1 Å². The van der Waals surface area contributed by atoms with Crippen LogP contribution in [0.1, 0.15) is 5.69 Å². The predicted octanol–water partition coefficient (Wildman–Crippen LogP) is 2.25. The number of carbonyl (C=O) groups is 1. The highest BCUT2D eigenvalue weighted by atomic mass is 16.2. The highest BCUT2D eigenvalue weighted by molar-refractivity contribution is 5.89. The van der Waals surface area contributed by atoms with E-state index in [1.54, 1.807) is 12.3 Å². The van der Waals surface area contributed by atoms with Gasteiger partial charge in [0.25, 0.3) is 5.56 Å². The van der Waals surface area contributed by atoms with Crippen molar-refractivity contribution in [1.82, 2.24) is 14.5 Å². The summed E-state index contributed by atoms with van der Waals surface area (Å²) in [5.41, 5.74) is 1.99. The number of aryl methyl sites for hydroxylation is 1. The van der Waals surface area contributed by atoms with Crippen molar-refractivity contribution in [1.29, 1.82) is 0 Å². The first-order valence-electron chi connectivity index (χ1n) is 7.47. The fourth-order valence-corrected chi connectivity index (χ4v) is 2.27. The van der Waals surface area contributed by atoms with E-state index in [0.29, 0.717) is 11.5 Å². The smallest absolute Gasteiger partial charge is 0.269 e. The molecule has 0 bridgehead atoms. The van der Waals surface area contributed by atoms with Crippen LogP contribution in [0.25, 0.3) is 11.3 Å². The van der Waals surface area contributed by atoms with Gasteiger partial charge in [-0.2, -0.15) is 0 Å². The zero-order valence-electron chi connectivity index (χ0n) is 13.1. The average molecular weight is 320 g/mol. The summed E-state index contributed by atoms with van der Waals surface area (Å²) >= 11 is 0. The van der Waals surface area contributed by atoms with E-state index in [9.17, 15) is 9.59 Å². The Hall–Kier alpha value is -3.28. The predicted molar refractivity (Wildman–Crippen MR) is 91.5 cm³/mol. The molecule has 3 rings (SSSR count). The molecule has 0 unspecified atom stereocenters. The summed E-state index contributed by atoms with van der Waals surface area (Å²) in [5, 5.41) is 2.69. The first-order valence-corrected chi connectivity index (χ1v) is 7.47. The lowest BCUT2D eigenvalue weighted by Gasteiger charge is -2.08. The molecule has 6 nitrogen and oxygen atoms in total. The fourth-order valence-electron chi connectivity index (χ4n) is 2.27. The van der Waals surface area contributed by atoms with E-state index < -0.39 is 0 Å². The number of amides is 1. The molecule has 1 aromatic carbocycles. The van der Waals surface area contributed by atoms with E-state index in [4.69, 9.17) is 0 Å². The van der Waals surface area contributed by atoms with Gasteiger partial charge in [0.2, 0.25) is 5.91 Å². The molecule has 1 amide bonds. The topological polar surface area (TPSA) is 76.9 Å². The van der Waals surface area contributed by atoms with Gasteiger partial charge in [-0.1, -0.05) is 36.4 Å². The third kappa shape index (κ3) is 3.73. The Morgan fingerprint density at radius 3 is 2.67 bits per heavy atom. The van der Waals surface area contributed by atoms with Gasteiger partial charge in [0.1, 0.15) is 12.4 Å². The molecule has 0 saturated carbocycles. The van der Waals surface area contributed by atoms with E-state index in [1.165, 1.54) is 10.8 Å². The van der Waals surface area contributed by atoms with E-state index in [0.717, 1.165) is 11.3 Å². The van der Waals surface area contributed by atoms with Crippen LogP contribution in [0.5, 0.6) is 0 Å². The van der Waals surface area contributed by atoms with Gasteiger partial charge in [0.15, 0.2) is 0 Å². The maximum atomic E-state index is 12.2. The number of nitrogens with zero attached hydrogens (tertiary/aromatic N) is 3. The van der Waals surface area contributed by atoms with Crippen molar-refractivity contribution >= 4 is 11.7 Å². The molecule has 3 aromatic rings. The first kappa shape index (κ1) is 15.6. The molecule has 2 heterocycles. The second kappa shape index (κ2) is 6.87. The molecule has 1 N–H and O–H groups in total. The Morgan fingerprint density at radius 2 is 1.92 bits per heavy atom. The number of hydrogen-bond acceptors (Lipinski definition) is 4. The van der Waals surface area contributed by atoms with Gasteiger partial charge in [0.05, 0.1) is 11.9 Å². The van der Waals surface area contributed by atoms with Crippen LogP contribution < -0.4 is 10.9 Å². The minimum Gasteiger partial charge on any atom is -0.309 e. The summed E-state index contributed by atoms with van der Waals surface area (Å²) in [7, 11) is 0. The van der Waals surface area contributed by atoms with Gasteiger partial charge < -0.3 is 9.88 Å². The molecule has 0 aliphatic carbocycles. The molecule has 6 heteroatoms. The average Bonchev–Trinajstić information content (AvgIpc) is 2.57. The Bertz CT molecular complexity index is 920. The minimum atomic E-state index is -0.331. The van der Waals surface area contributed by atoms with Crippen molar-refractivity contribution in [2.75, 3.05) is 5.32 Å². The molecule has 0 spiro atoms. The lowest BCUT2D eigenvalue weighted by molar-refractivity contribution is -0.116. The number of benzene rings is 1. The first-order chi connectivity index (χ1) is 11.6. The van der Waals surface area contributed by atoms with Gasteiger partial charge in [-0.15, -0.1) is 0 Å². The third-order valence-electron chi connectivity index (χ3n) is 3.41. The molecule has 0 saturated heterocycles. The lowest BCUT2D eigenvalue weighted by Crippen LogP contribution is -2.27. The Balaban J connectivity index is 1.79. The largest absolute Gasteiger partial charge is 0.309 e. The third-order valence-corrected chi connectivity index (χ3v) is 3.41. The molecular weight excluding hydrogens is 304 g/mol. The van der Waals surface area contributed by atoms with Gasteiger partial charge in [-0.25, -0.2) is 9.97 Å². The monoisotopic (exact) mass is 320 g/mol. The molecular formula is C18H16N4O2. The van der Waals surface area contributed by atoms with Gasteiger partial charge >= 0.3 is 0 Å². The number of carbonyl (C=O) groups excluding carboxylic acids is 1. The summed E-state index contributed by atoms with van der Waals surface area (Å²) in [5.74, 6) is 0.144. The summed E-state index contributed by atoms with van der Waals surface area (Å²) < 4.78 is 1.33. The Labute approximate surface area is 138 Å². The van der Waals surface area contributed by atoms with Crippen LogP contribution in [-0.2, 0) is 11.3 Å². The van der Waals surface area contributed by atoms with Crippen LogP contribution >= 0.6 is 0 Å². The number of anilines is 1. The van der Waals surface area contributed by atoms with Gasteiger partial charge in [0, 0.05) is 17.5 Å². The van der Waals surface area contributed by atoms with Crippen molar-refractivity contribution in [2.45, 2.75) is 13.5 Å². The highest BCUT2D eigenvalue weighted by Crippen LogP contribution is 2.14. The van der Waals surface area contributed by atoms with Crippen LogP contribution in [-0.4, -0.2) is 20.4 Å². The summed E-state index contributed by atoms with van der Waals surface area (Å²) in [6.45, 7) is 1.74. The van der Waals surface area contributed by atoms with Gasteiger partial charge in [-0.3, -0.25) is 9.59 Å². The maximum Gasteiger partial charge on any atom is 0.269 e. The molecule has 0 aliphatic heterocycles. The van der Waals surface area contributed by atoms with Crippen molar-refractivity contribution < 1.29 is 4.79 Å². The summed E-state index contributed by atoms with van der Waals surface area (Å²) in [6, 6.07) is 14.8.